The molecular formula is C14H8N2O3. The van der Waals surface area contributed by atoms with Crippen LogP contribution in [-0.2, 0) is 0 Å². The zero-order valence-electron chi connectivity index (χ0n) is 9.74. The van der Waals surface area contributed by atoms with Gasteiger partial charge in [0, 0.05) is 23.9 Å². The predicted molar refractivity (Wildman–Crippen MR) is 68.5 cm³/mol. The summed E-state index contributed by atoms with van der Waals surface area (Å²) >= 11 is 0. The molecule has 0 saturated heterocycles. The lowest BCUT2D eigenvalue weighted by molar-refractivity contribution is -0.384. The Morgan fingerprint density at radius 1 is 1.16 bits per heavy atom. The summed E-state index contributed by atoms with van der Waals surface area (Å²) in [6, 6.07) is 10.5. The van der Waals surface area contributed by atoms with Crippen LogP contribution in [0.4, 0.5) is 5.69 Å². The Bertz CT molecular complexity index is 667. The molecule has 0 aliphatic heterocycles. The third kappa shape index (κ3) is 3.23. The zero-order chi connectivity index (χ0) is 13.7. The maximum atomic E-state index is 11.7. The van der Waals surface area contributed by atoms with Crippen molar-refractivity contribution in [3.05, 3.63) is 70.0 Å². The molecule has 0 radical (unpaired) electrons. The smallest absolute Gasteiger partial charge is 0.269 e. The lowest BCUT2D eigenvalue weighted by atomic mass is 10.1. The minimum atomic E-state index is -0.520. The largest absolute Gasteiger partial charge is 0.279 e. The predicted octanol–water partition coefficient (Wildman–Crippen LogP) is 2.22. The van der Waals surface area contributed by atoms with Crippen molar-refractivity contribution in [3.8, 4) is 11.8 Å². The molecule has 0 unspecified atom stereocenters. The Kier molecular flexibility index (Phi) is 3.64. The van der Waals surface area contributed by atoms with Crippen molar-refractivity contribution in [3.63, 3.8) is 0 Å². The van der Waals surface area contributed by atoms with Gasteiger partial charge in [-0.05, 0) is 36.1 Å². The van der Waals surface area contributed by atoms with Gasteiger partial charge < -0.3 is 0 Å². The molecule has 1 heterocycles. The van der Waals surface area contributed by atoms with Crippen LogP contribution in [0.15, 0.2) is 48.7 Å². The number of nitro benzene ring substituents is 1. The van der Waals surface area contributed by atoms with Crippen LogP contribution in [0.25, 0.3) is 0 Å². The quantitative estimate of drug-likeness (QED) is 0.355. The van der Waals surface area contributed by atoms with Crippen molar-refractivity contribution >= 4 is 11.5 Å². The Morgan fingerprint density at radius 2 is 1.89 bits per heavy atom. The van der Waals surface area contributed by atoms with E-state index in [0.29, 0.717) is 11.3 Å². The molecule has 92 valence electrons. The fourth-order valence-corrected chi connectivity index (χ4v) is 1.36. The molecule has 5 nitrogen and oxygen atoms in total. The number of aromatic nitrogens is 1. The van der Waals surface area contributed by atoms with E-state index in [2.05, 4.69) is 16.8 Å². The van der Waals surface area contributed by atoms with Gasteiger partial charge in [0.25, 0.3) is 5.69 Å². The maximum absolute atomic E-state index is 11.7. The molecule has 0 aliphatic rings. The van der Waals surface area contributed by atoms with Crippen molar-refractivity contribution in [1.29, 1.82) is 0 Å². The van der Waals surface area contributed by atoms with Gasteiger partial charge in [-0.25, -0.2) is 4.98 Å². The number of nitro groups is 1. The molecule has 19 heavy (non-hydrogen) atoms. The topological polar surface area (TPSA) is 73.1 Å². The number of carbonyl (C=O) groups excluding carboxylic acids is 1. The summed E-state index contributed by atoms with van der Waals surface area (Å²) in [5.74, 6) is 4.68. The highest BCUT2D eigenvalue weighted by Gasteiger charge is 2.07. The number of non-ortho nitro benzene ring substituents is 1. The normalized spacial score (nSPS) is 9.26. The van der Waals surface area contributed by atoms with Crippen LogP contribution in [-0.4, -0.2) is 15.7 Å². The number of benzene rings is 1. The van der Waals surface area contributed by atoms with Crippen molar-refractivity contribution in [2.45, 2.75) is 0 Å². The molecule has 5 heteroatoms. The van der Waals surface area contributed by atoms with Crippen LogP contribution in [0, 0.1) is 22.0 Å². The zero-order valence-corrected chi connectivity index (χ0v) is 9.74. The minimum absolute atomic E-state index is 0.0609. The number of hydrogen-bond acceptors (Lipinski definition) is 4. The lowest BCUT2D eigenvalue weighted by Gasteiger charge is -1.93. The number of Topliss-reactive ketones (excluding diaryl/α,β-unsaturated/α-hetero) is 1. The lowest BCUT2D eigenvalue weighted by Crippen LogP contribution is -1.96. The standard InChI is InChI=1S/C14H8N2O3/c17-14(9-6-12-3-1-2-10-15-12)11-4-7-13(8-5-11)16(18)19/h1-5,7-8,10H. The maximum Gasteiger partial charge on any atom is 0.269 e. The van der Waals surface area contributed by atoms with Gasteiger partial charge in [0.2, 0.25) is 5.78 Å². The highest BCUT2D eigenvalue weighted by atomic mass is 16.6. The first-order chi connectivity index (χ1) is 9.16. The fraction of sp³-hybridized carbons (Fsp3) is 0. The fourth-order valence-electron chi connectivity index (χ4n) is 1.36. The average Bonchev–Trinajstić information content (AvgIpc) is 2.46. The van der Waals surface area contributed by atoms with Crippen molar-refractivity contribution in [2.24, 2.45) is 0 Å². The van der Waals surface area contributed by atoms with Gasteiger partial charge in [-0.15, -0.1) is 0 Å². The van der Waals surface area contributed by atoms with Crippen LogP contribution in [0.5, 0.6) is 0 Å². The summed E-state index contributed by atoms with van der Waals surface area (Å²) < 4.78 is 0. The first-order valence-electron chi connectivity index (χ1n) is 5.38. The average molecular weight is 252 g/mol. The van der Waals surface area contributed by atoms with E-state index in [1.165, 1.54) is 24.3 Å². The van der Waals surface area contributed by atoms with E-state index in [4.69, 9.17) is 0 Å². The second-order valence-electron chi connectivity index (χ2n) is 3.60. The monoisotopic (exact) mass is 252 g/mol. The summed E-state index contributed by atoms with van der Waals surface area (Å²) in [5, 5.41) is 10.5. The van der Waals surface area contributed by atoms with E-state index in [-0.39, 0.29) is 5.69 Å². The second-order valence-corrected chi connectivity index (χ2v) is 3.60. The molecule has 0 spiro atoms. The molecule has 0 amide bonds. The molecule has 0 bridgehead atoms. The van der Waals surface area contributed by atoms with Gasteiger partial charge in [-0.1, -0.05) is 6.07 Å². The van der Waals surface area contributed by atoms with Crippen molar-refractivity contribution < 1.29 is 9.72 Å². The van der Waals surface area contributed by atoms with E-state index in [9.17, 15) is 14.9 Å². The number of rotatable bonds is 2. The summed E-state index contributed by atoms with van der Waals surface area (Å²) in [5.41, 5.74) is 0.751. The first-order valence-corrected chi connectivity index (χ1v) is 5.38. The van der Waals surface area contributed by atoms with E-state index >= 15 is 0 Å². The van der Waals surface area contributed by atoms with Gasteiger partial charge in [-0.2, -0.15) is 0 Å². The van der Waals surface area contributed by atoms with Gasteiger partial charge in [0.15, 0.2) is 0 Å². The van der Waals surface area contributed by atoms with E-state index in [1.807, 2.05) is 0 Å². The SMILES string of the molecule is O=C(C#Cc1ccccn1)c1ccc([N+](=O)[O-])cc1. The molecule has 0 atom stereocenters. The van der Waals surface area contributed by atoms with Crippen LogP contribution in [0.2, 0.25) is 0 Å². The van der Waals surface area contributed by atoms with Crippen LogP contribution in [0.3, 0.4) is 0 Å². The van der Waals surface area contributed by atoms with E-state index in [1.54, 1.807) is 24.4 Å². The number of nitrogens with zero attached hydrogens (tertiary/aromatic N) is 2. The Labute approximate surface area is 109 Å². The van der Waals surface area contributed by atoms with Gasteiger partial charge >= 0.3 is 0 Å². The Hall–Kier alpha value is -3.00. The number of hydrogen-bond donors (Lipinski definition) is 0. The van der Waals surface area contributed by atoms with Crippen molar-refractivity contribution in [1.82, 2.24) is 4.98 Å². The highest BCUT2D eigenvalue weighted by molar-refractivity contribution is 6.09. The molecule has 0 aliphatic carbocycles. The molecule has 2 aromatic rings. The summed E-state index contributed by atoms with van der Waals surface area (Å²) in [4.78, 5) is 25.7. The van der Waals surface area contributed by atoms with Gasteiger partial charge in [-0.3, -0.25) is 14.9 Å². The number of pyridine rings is 1. The molecule has 2 rings (SSSR count). The van der Waals surface area contributed by atoms with Gasteiger partial charge in [0.1, 0.15) is 5.69 Å². The molecule has 0 saturated carbocycles. The number of ketones is 1. The third-order valence-corrected chi connectivity index (χ3v) is 2.31. The molecular weight excluding hydrogens is 244 g/mol. The van der Waals surface area contributed by atoms with Crippen LogP contribution < -0.4 is 0 Å². The third-order valence-electron chi connectivity index (χ3n) is 2.31. The minimum Gasteiger partial charge on any atom is -0.279 e. The van der Waals surface area contributed by atoms with E-state index < -0.39 is 10.7 Å². The van der Waals surface area contributed by atoms with Crippen molar-refractivity contribution in [2.75, 3.05) is 0 Å². The van der Waals surface area contributed by atoms with Gasteiger partial charge in [0.05, 0.1) is 4.92 Å². The van der Waals surface area contributed by atoms with Crippen LogP contribution >= 0.6 is 0 Å². The van der Waals surface area contributed by atoms with Crippen LogP contribution in [0.1, 0.15) is 16.1 Å². The molecule has 0 fully saturated rings. The highest BCUT2D eigenvalue weighted by Crippen LogP contribution is 2.12. The summed E-state index contributed by atoms with van der Waals surface area (Å²) in [7, 11) is 0. The molecule has 0 N–H and O–H groups in total. The molecule has 1 aromatic carbocycles. The second kappa shape index (κ2) is 5.56. The Morgan fingerprint density at radius 3 is 2.47 bits per heavy atom. The summed E-state index contributed by atoms with van der Waals surface area (Å²) in [6.45, 7) is 0. The molecule has 1 aromatic heterocycles. The Balaban J connectivity index is 2.17. The summed E-state index contributed by atoms with van der Waals surface area (Å²) in [6.07, 6.45) is 1.58. The van der Waals surface area contributed by atoms with E-state index in [0.717, 1.165) is 0 Å². The number of carbonyl (C=O) groups is 1. The first kappa shape index (κ1) is 12.5.